The van der Waals surface area contributed by atoms with Crippen LogP contribution in [0.4, 0.5) is 10.2 Å². The van der Waals surface area contributed by atoms with Crippen LogP contribution in [0.25, 0.3) is 11.3 Å². The molecular formula is C20H20FN5O. The molecule has 2 aromatic heterocycles. The zero-order valence-corrected chi connectivity index (χ0v) is 15.0. The maximum atomic E-state index is 13.9. The highest BCUT2D eigenvalue weighted by molar-refractivity contribution is 5.74. The van der Waals surface area contributed by atoms with Gasteiger partial charge in [0, 0.05) is 30.4 Å². The molecule has 0 aliphatic carbocycles. The molecule has 6 nitrogen and oxygen atoms in total. The van der Waals surface area contributed by atoms with Gasteiger partial charge in [0.2, 0.25) is 0 Å². The summed E-state index contributed by atoms with van der Waals surface area (Å²) in [5.74, 6) is 1.12. The summed E-state index contributed by atoms with van der Waals surface area (Å²) < 4.78 is 21.9. The predicted octanol–water partition coefficient (Wildman–Crippen LogP) is 3.48. The average molecular weight is 365 g/mol. The van der Waals surface area contributed by atoms with Crippen molar-refractivity contribution in [3.63, 3.8) is 0 Å². The number of benzene rings is 1. The normalized spacial score (nSPS) is 21.9. The Balaban J connectivity index is 1.66. The number of fused-ring (bicyclic) bond motifs is 4. The first-order valence-electron chi connectivity index (χ1n) is 9.10. The molecule has 0 spiro atoms. The number of anilines is 1. The molecule has 1 aromatic carbocycles. The molecule has 2 aliphatic rings. The third kappa shape index (κ3) is 2.70. The summed E-state index contributed by atoms with van der Waals surface area (Å²) in [5, 5.41) is 7.74. The molecule has 1 saturated heterocycles. The van der Waals surface area contributed by atoms with Crippen LogP contribution < -0.4 is 10.1 Å². The second kappa shape index (κ2) is 5.97. The van der Waals surface area contributed by atoms with Gasteiger partial charge in [0.25, 0.3) is 0 Å². The number of hydrogen-bond donors (Lipinski definition) is 1. The van der Waals surface area contributed by atoms with Crippen LogP contribution in [0.2, 0.25) is 0 Å². The minimum absolute atomic E-state index is 0.0288. The minimum Gasteiger partial charge on any atom is -0.488 e. The second-order valence-corrected chi connectivity index (χ2v) is 7.11. The molecule has 0 amide bonds. The van der Waals surface area contributed by atoms with Gasteiger partial charge in [-0.05, 0) is 31.2 Å². The first kappa shape index (κ1) is 16.1. The maximum Gasteiger partial charge on any atom is 0.166 e. The standard InChI is InChI=1S/C20H20FN5O/c1-12-16-9-14(21)3-4-18(16)27-15-5-7-25(11-15)13(2)17-10-22-26-8-6-19(23-12)24-20(17)26/h3-4,6,8-10,12,15H,2,5,7,11H2,1H3,(H,23,24)/t12-,15+/m1/s1. The Bertz CT molecular complexity index is 1050. The SMILES string of the molecule is C=C1c2cnn3ccc(nc23)N[C@H](C)c2cc(F)ccc2O[C@H]2CCN1C2. The molecular weight excluding hydrogens is 345 g/mol. The van der Waals surface area contributed by atoms with Gasteiger partial charge in [-0.1, -0.05) is 6.58 Å². The fourth-order valence-electron chi connectivity index (χ4n) is 3.84. The molecule has 1 N–H and O–H groups in total. The summed E-state index contributed by atoms with van der Waals surface area (Å²) in [7, 11) is 0. The van der Waals surface area contributed by atoms with Gasteiger partial charge in [0.1, 0.15) is 23.5 Å². The highest BCUT2D eigenvalue weighted by atomic mass is 19.1. The van der Waals surface area contributed by atoms with E-state index < -0.39 is 0 Å². The van der Waals surface area contributed by atoms with E-state index in [4.69, 9.17) is 9.72 Å². The van der Waals surface area contributed by atoms with Crippen molar-refractivity contribution in [2.45, 2.75) is 25.5 Å². The Hall–Kier alpha value is -3.09. The summed E-state index contributed by atoms with van der Waals surface area (Å²) >= 11 is 0. The molecule has 3 aromatic rings. The number of halogens is 1. The quantitative estimate of drug-likeness (QED) is 0.661. The number of aromatic nitrogens is 3. The Morgan fingerprint density at radius 1 is 1.33 bits per heavy atom. The van der Waals surface area contributed by atoms with E-state index in [1.807, 2.05) is 19.2 Å². The molecule has 0 unspecified atom stereocenters. The highest BCUT2D eigenvalue weighted by Gasteiger charge is 2.28. The number of hydrogen-bond acceptors (Lipinski definition) is 5. The van der Waals surface area contributed by atoms with Crippen molar-refractivity contribution in [3.8, 4) is 5.75 Å². The van der Waals surface area contributed by atoms with Gasteiger partial charge in [0.15, 0.2) is 5.65 Å². The highest BCUT2D eigenvalue weighted by Crippen LogP contribution is 2.33. The molecule has 7 heteroatoms. The first-order chi connectivity index (χ1) is 13.1. The van der Waals surface area contributed by atoms with E-state index in [1.54, 1.807) is 16.8 Å². The van der Waals surface area contributed by atoms with E-state index in [1.165, 1.54) is 12.1 Å². The Morgan fingerprint density at radius 2 is 2.22 bits per heavy atom. The van der Waals surface area contributed by atoms with Crippen molar-refractivity contribution < 1.29 is 9.13 Å². The lowest BCUT2D eigenvalue weighted by Crippen LogP contribution is -2.24. The van der Waals surface area contributed by atoms with Crippen molar-refractivity contribution in [2.24, 2.45) is 0 Å². The van der Waals surface area contributed by atoms with E-state index in [9.17, 15) is 4.39 Å². The van der Waals surface area contributed by atoms with Crippen LogP contribution in [-0.4, -0.2) is 38.7 Å². The summed E-state index contributed by atoms with van der Waals surface area (Å²) in [6, 6.07) is 6.37. The smallest absolute Gasteiger partial charge is 0.166 e. The van der Waals surface area contributed by atoms with Gasteiger partial charge in [-0.25, -0.2) is 13.9 Å². The van der Waals surface area contributed by atoms with Crippen LogP contribution in [-0.2, 0) is 0 Å². The molecule has 0 saturated carbocycles. The van der Waals surface area contributed by atoms with Gasteiger partial charge in [-0.3, -0.25) is 0 Å². The monoisotopic (exact) mass is 365 g/mol. The number of nitrogens with one attached hydrogen (secondary N) is 1. The molecule has 2 aliphatic heterocycles. The van der Waals surface area contributed by atoms with Crippen LogP contribution in [0.3, 0.4) is 0 Å². The van der Waals surface area contributed by atoms with Gasteiger partial charge < -0.3 is 15.0 Å². The van der Waals surface area contributed by atoms with Crippen LogP contribution in [0.1, 0.15) is 30.5 Å². The lowest BCUT2D eigenvalue weighted by molar-refractivity contribution is 0.210. The van der Waals surface area contributed by atoms with E-state index in [-0.39, 0.29) is 18.0 Å². The zero-order valence-electron chi connectivity index (χ0n) is 15.0. The minimum atomic E-state index is -0.279. The molecule has 0 radical (unpaired) electrons. The third-order valence-corrected chi connectivity index (χ3v) is 5.30. The number of rotatable bonds is 0. The number of nitrogens with zero attached hydrogens (tertiary/aromatic N) is 4. The lowest BCUT2D eigenvalue weighted by atomic mass is 10.1. The average Bonchev–Trinajstić information content (AvgIpc) is 3.28. The molecule has 1 fully saturated rings. The van der Waals surface area contributed by atoms with E-state index >= 15 is 0 Å². The molecule has 138 valence electrons. The zero-order chi connectivity index (χ0) is 18.5. The second-order valence-electron chi connectivity index (χ2n) is 7.11. The summed E-state index contributed by atoms with van der Waals surface area (Å²) in [6.45, 7) is 7.83. The van der Waals surface area contributed by atoms with Gasteiger partial charge in [0.05, 0.1) is 24.3 Å². The van der Waals surface area contributed by atoms with E-state index in [0.29, 0.717) is 11.6 Å². The molecule has 2 atom stereocenters. The van der Waals surface area contributed by atoms with Gasteiger partial charge in [-0.2, -0.15) is 5.10 Å². The van der Waals surface area contributed by atoms with Crippen molar-refractivity contribution in [2.75, 3.05) is 18.4 Å². The first-order valence-corrected chi connectivity index (χ1v) is 9.10. The fraction of sp³-hybridized carbons (Fsp3) is 0.300. The van der Waals surface area contributed by atoms with Crippen molar-refractivity contribution in [1.29, 1.82) is 0 Å². The number of ether oxygens (including phenoxy) is 1. The largest absolute Gasteiger partial charge is 0.488 e. The lowest BCUT2D eigenvalue weighted by Gasteiger charge is -2.22. The summed E-state index contributed by atoms with van der Waals surface area (Å²) in [6.07, 6.45) is 4.58. The van der Waals surface area contributed by atoms with Crippen LogP contribution in [0.15, 0.2) is 43.2 Å². The van der Waals surface area contributed by atoms with Crippen LogP contribution in [0, 0.1) is 5.82 Å². The Labute approximate surface area is 156 Å². The fourth-order valence-corrected chi connectivity index (χ4v) is 3.84. The van der Waals surface area contributed by atoms with E-state index in [2.05, 4.69) is 21.9 Å². The summed E-state index contributed by atoms with van der Waals surface area (Å²) in [4.78, 5) is 6.93. The van der Waals surface area contributed by atoms with Crippen LogP contribution >= 0.6 is 0 Å². The molecule has 27 heavy (non-hydrogen) atoms. The maximum absolute atomic E-state index is 13.9. The van der Waals surface area contributed by atoms with Crippen LogP contribution in [0.5, 0.6) is 5.75 Å². The molecule has 4 bridgehead atoms. The van der Waals surface area contributed by atoms with Gasteiger partial charge >= 0.3 is 0 Å². The third-order valence-electron chi connectivity index (χ3n) is 5.30. The predicted molar refractivity (Wildman–Crippen MR) is 101 cm³/mol. The molecule has 4 heterocycles. The topological polar surface area (TPSA) is 54.7 Å². The van der Waals surface area contributed by atoms with Crippen molar-refractivity contribution in [3.05, 3.63) is 60.2 Å². The van der Waals surface area contributed by atoms with Crippen molar-refractivity contribution >= 4 is 17.2 Å². The molecule has 5 rings (SSSR count). The Kier molecular flexibility index (Phi) is 3.56. The van der Waals surface area contributed by atoms with E-state index in [0.717, 1.165) is 42.0 Å². The summed E-state index contributed by atoms with van der Waals surface area (Å²) in [5.41, 5.74) is 3.34. The van der Waals surface area contributed by atoms with Gasteiger partial charge in [-0.15, -0.1) is 0 Å². The Morgan fingerprint density at radius 3 is 3.11 bits per heavy atom. The van der Waals surface area contributed by atoms with Crippen molar-refractivity contribution in [1.82, 2.24) is 19.5 Å².